The molecular formula is C14H11NO2S. The lowest BCUT2D eigenvalue weighted by atomic mass is 10.2. The molecule has 0 aliphatic heterocycles. The Kier molecular flexibility index (Phi) is 2.86. The molecule has 0 aliphatic carbocycles. The number of hydrogen-bond donors (Lipinski definition) is 1. The van der Waals surface area contributed by atoms with Gasteiger partial charge in [0, 0.05) is 21.2 Å². The van der Waals surface area contributed by atoms with Crippen molar-refractivity contribution >= 4 is 21.4 Å². The molecule has 0 amide bonds. The Morgan fingerprint density at radius 1 is 1.22 bits per heavy atom. The maximum Gasteiger partial charge on any atom is 0.138 e. The van der Waals surface area contributed by atoms with Gasteiger partial charge in [0.1, 0.15) is 18.1 Å². The number of thiophene rings is 1. The van der Waals surface area contributed by atoms with Gasteiger partial charge in [-0.15, -0.1) is 11.3 Å². The first kappa shape index (κ1) is 11.0. The molecule has 0 bridgehead atoms. The smallest absolute Gasteiger partial charge is 0.138 e. The van der Waals surface area contributed by atoms with Crippen molar-refractivity contribution < 1.29 is 9.84 Å². The first-order chi connectivity index (χ1) is 8.83. The summed E-state index contributed by atoms with van der Waals surface area (Å²) >= 11 is 1.63. The maximum absolute atomic E-state index is 9.73. The largest absolute Gasteiger partial charge is 0.507 e. The standard InChI is InChI=1S/C14H11NO2S/c16-13-4-1-5-14-12(13)7-11(18-14)9-17-10-3-2-6-15-8-10/h1-8,16H,9H2. The number of aromatic hydroxyl groups is 1. The average Bonchev–Trinajstić information content (AvgIpc) is 2.82. The lowest BCUT2D eigenvalue weighted by molar-refractivity contribution is 0.308. The summed E-state index contributed by atoms with van der Waals surface area (Å²) in [4.78, 5) is 5.07. The highest BCUT2D eigenvalue weighted by Gasteiger charge is 2.05. The second kappa shape index (κ2) is 4.66. The molecule has 3 aromatic rings. The number of aromatic nitrogens is 1. The summed E-state index contributed by atoms with van der Waals surface area (Å²) in [6.07, 6.45) is 3.40. The first-order valence-corrected chi connectivity index (χ1v) is 6.38. The SMILES string of the molecule is Oc1cccc2sc(COc3cccnc3)cc12. The molecule has 0 saturated heterocycles. The zero-order chi connectivity index (χ0) is 12.4. The normalized spacial score (nSPS) is 10.7. The van der Waals surface area contributed by atoms with Crippen LogP contribution < -0.4 is 4.74 Å². The van der Waals surface area contributed by atoms with Gasteiger partial charge in [-0.25, -0.2) is 0 Å². The van der Waals surface area contributed by atoms with Crippen LogP contribution >= 0.6 is 11.3 Å². The number of rotatable bonds is 3. The number of pyridine rings is 1. The van der Waals surface area contributed by atoms with E-state index in [0.717, 1.165) is 20.7 Å². The molecule has 90 valence electrons. The van der Waals surface area contributed by atoms with E-state index in [9.17, 15) is 5.11 Å². The van der Waals surface area contributed by atoms with Crippen molar-refractivity contribution in [1.29, 1.82) is 0 Å². The maximum atomic E-state index is 9.73. The van der Waals surface area contributed by atoms with Crippen LogP contribution in [0.1, 0.15) is 4.88 Å². The molecule has 0 fully saturated rings. The van der Waals surface area contributed by atoms with Crippen LogP contribution in [-0.2, 0) is 6.61 Å². The zero-order valence-electron chi connectivity index (χ0n) is 9.54. The summed E-state index contributed by atoms with van der Waals surface area (Å²) in [6, 6.07) is 11.2. The van der Waals surface area contributed by atoms with E-state index in [2.05, 4.69) is 4.98 Å². The van der Waals surface area contributed by atoms with Crippen molar-refractivity contribution in [3.05, 3.63) is 53.7 Å². The number of nitrogens with zero attached hydrogens (tertiary/aromatic N) is 1. The lowest BCUT2D eigenvalue weighted by Gasteiger charge is -2.02. The van der Waals surface area contributed by atoms with Crippen LogP contribution in [0.3, 0.4) is 0 Å². The molecule has 0 unspecified atom stereocenters. The van der Waals surface area contributed by atoms with Crippen molar-refractivity contribution in [3.63, 3.8) is 0 Å². The molecule has 3 rings (SSSR count). The predicted octanol–water partition coefficient (Wildman–Crippen LogP) is 3.58. The van der Waals surface area contributed by atoms with Gasteiger partial charge in [-0.05, 0) is 30.3 Å². The van der Waals surface area contributed by atoms with Gasteiger partial charge in [-0.2, -0.15) is 0 Å². The van der Waals surface area contributed by atoms with E-state index in [1.165, 1.54) is 0 Å². The van der Waals surface area contributed by atoms with E-state index in [1.807, 2.05) is 30.3 Å². The molecule has 0 saturated carbocycles. The van der Waals surface area contributed by atoms with Gasteiger partial charge >= 0.3 is 0 Å². The second-order valence-electron chi connectivity index (χ2n) is 3.88. The Hall–Kier alpha value is -2.07. The fraction of sp³-hybridized carbons (Fsp3) is 0.0714. The molecular weight excluding hydrogens is 246 g/mol. The fourth-order valence-corrected chi connectivity index (χ4v) is 2.75. The summed E-state index contributed by atoms with van der Waals surface area (Å²) in [5.41, 5.74) is 0. The van der Waals surface area contributed by atoms with Crippen LogP contribution in [0, 0.1) is 0 Å². The summed E-state index contributed by atoms with van der Waals surface area (Å²) in [7, 11) is 0. The Labute approximate surface area is 108 Å². The third-order valence-corrected chi connectivity index (χ3v) is 3.68. The molecule has 0 radical (unpaired) electrons. The second-order valence-corrected chi connectivity index (χ2v) is 5.05. The highest BCUT2D eigenvalue weighted by Crippen LogP contribution is 2.32. The molecule has 0 spiro atoms. The Bertz CT molecular complexity index is 664. The van der Waals surface area contributed by atoms with Gasteiger partial charge in [0.15, 0.2) is 0 Å². The van der Waals surface area contributed by atoms with Gasteiger partial charge in [0.2, 0.25) is 0 Å². The van der Waals surface area contributed by atoms with Gasteiger partial charge in [-0.1, -0.05) is 6.07 Å². The summed E-state index contributed by atoms with van der Waals surface area (Å²) < 4.78 is 6.70. The molecule has 2 heterocycles. The average molecular weight is 257 g/mol. The Balaban J connectivity index is 1.81. The highest BCUT2D eigenvalue weighted by atomic mass is 32.1. The van der Waals surface area contributed by atoms with Crippen molar-refractivity contribution in [3.8, 4) is 11.5 Å². The molecule has 2 aromatic heterocycles. The topological polar surface area (TPSA) is 42.4 Å². The van der Waals surface area contributed by atoms with Crippen LogP contribution in [0.2, 0.25) is 0 Å². The quantitative estimate of drug-likeness (QED) is 0.779. The van der Waals surface area contributed by atoms with E-state index in [1.54, 1.807) is 29.8 Å². The minimum Gasteiger partial charge on any atom is -0.507 e. The predicted molar refractivity (Wildman–Crippen MR) is 72.1 cm³/mol. The van der Waals surface area contributed by atoms with E-state index < -0.39 is 0 Å². The Morgan fingerprint density at radius 3 is 2.94 bits per heavy atom. The number of ether oxygens (including phenoxy) is 1. The number of hydrogen-bond acceptors (Lipinski definition) is 4. The minimum absolute atomic E-state index is 0.316. The number of phenolic OH excluding ortho intramolecular Hbond substituents is 1. The van der Waals surface area contributed by atoms with Gasteiger partial charge in [-0.3, -0.25) is 4.98 Å². The zero-order valence-corrected chi connectivity index (χ0v) is 10.4. The lowest BCUT2D eigenvalue weighted by Crippen LogP contribution is -1.92. The van der Waals surface area contributed by atoms with Crippen molar-refractivity contribution in [2.45, 2.75) is 6.61 Å². The van der Waals surface area contributed by atoms with Crippen molar-refractivity contribution in [1.82, 2.24) is 4.98 Å². The van der Waals surface area contributed by atoms with E-state index in [4.69, 9.17) is 4.74 Å². The summed E-state index contributed by atoms with van der Waals surface area (Å²) in [5, 5.41) is 10.6. The highest BCUT2D eigenvalue weighted by molar-refractivity contribution is 7.19. The van der Waals surface area contributed by atoms with Crippen molar-refractivity contribution in [2.75, 3.05) is 0 Å². The molecule has 3 nitrogen and oxygen atoms in total. The van der Waals surface area contributed by atoms with Crippen LogP contribution in [-0.4, -0.2) is 10.1 Å². The minimum atomic E-state index is 0.316. The number of fused-ring (bicyclic) bond motifs is 1. The monoisotopic (exact) mass is 257 g/mol. The van der Waals surface area contributed by atoms with E-state index in [-0.39, 0.29) is 0 Å². The number of phenols is 1. The molecule has 18 heavy (non-hydrogen) atoms. The van der Waals surface area contributed by atoms with Crippen LogP contribution in [0.25, 0.3) is 10.1 Å². The molecule has 4 heteroatoms. The van der Waals surface area contributed by atoms with Crippen LogP contribution in [0.4, 0.5) is 0 Å². The number of benzene rings is 1. The summed E-state index contributed by atoms with van der Waals surface area (Å²) in [5.74, 6) is 1.07. The molecule has 1 N–H and O–H groups in total. The van der Waals surface area contributed by atoms with E-state index >= 15 is 0 Å². The van der Waals surface area contributed by atoms with Crippen LogP contribution in [0.5, 0.6) is 11.5 Å². The molecule has 0 aliphatic rings. The summed E-state index contributed by atoms with van der Waals surface area (Å²) in [6.45, 7) is 0.491. The van der Waals surface area contributed by atoms with Gasteiger partial charge < -0.3 is 9.84 Å². The molecule has 0 atom stereocenters. The third-order valence-electron chi connectivity index (χ3n) is 2.60. The fourth-order valence-electron chi connectivity index (χ4n) is 1.76. The van der Waals surface area contributed by atoms with E-state index in [0.29, 0.717) is 12.4 Å². The van der Waals surface area contributed by atoms with Gasteiger partial charge in [0.25, 0.3) is 0 Å². The Morgan fingerprint density at radius 2 is 2.17 bits per heavy atom. The van der Waals surface area contributed by atoms with Gasteiger partial charge in [0.05, 0.1) is 6.20 Å². The first-order valence-electron chi connectivity index (χ1n) is 5.56. The van der Waals surface area contributed by atoms with Crippen LogP contribution in [0.15, 0.2) is 48.8 Å². The van der Waals surface area contributed by atoms with Crippen molar-refractivity contribution in [2.24, 2.45) is 0 Å². The third kappa shape index (κ3) is 2.15. The molecule has 1 aromatic carbocycles.